The van der Waals surface area contributed by atoms with Gasteiger partial charge in [0.25, 0.3) is 5.92 Å². The van der Waals surface area contributed by atoms with Crippen molar-refractivity contribution in [1.82, 2.24) is 0 Å². The van der Waals surface area contributed by atoms with Gasteiger partial charge in [0.05, 0.1) is 4.88 Å². The summed E-state index contributed by atoms with van der Waals surface area (Å²) in [6.07, 6.45) is -0.271. The minimum absolute atomic E-state index is 0.0178. The molecule has 0 spiro atoms. The Morgan fingerprint density at radius 2 is 2.17 bits per heavy atom. The van der Waals surface area contributed by atoms with E-state index in [0.717, 1.165) is 16.2 Å². The molecule has 0 unspecified atom stereocenters. The fraction of sp³-hybridized carbons (Fsp3) is 0.500. The number of nitrogens with two attached hydrogens (primary N) is 1. The van der Waals surface area contributed by atoms with Crippen molar-refractivity contribution >= 4 is 11.3 Å². The van der Waals surface area contributed by atoms with Gasteiger partial charge in [-0.25, -0.2) is 8.78 Å². The molecule has 1 heterocycles. The Morgan fingerprint density at radius 3 is 2.58 bits per heavy atom. The minimum atomic E-state index is -2.74. The molecule has 0 amide bonds. The molecule has 0 radical (unpaired) electrons. The van der Waals surface area contributed by atoms with Gasteiger partial charge in [0.15, 0.2) is 0 Å². The first-order valence-corrected chi connectivity index (χ1v) is 4.53. The molecule has 0 aliphatic carbocycles. The monoisotopic (exact) mass is 191 g/mol. The summed E-state index contributed by atoms with van der Waals surface area (Å²) in [5.74, 6) is -2.74. The molecule has 1 rings (SSSR count). The summed E-state index contributed by atoms with van der Waals surface area (Å²) in [5.41, 5.74) is 5.08. The van der Waals surface area contributed by atoms with Crippen molar-refractivity contribution in [3.05, 3.63) is 21.9 Å². The van der Waals surface area contributed by atoms with E-state index in [1.807, 2.05) is 6.92 Å². The molecule has 1 aromatic heterocycles. The van der Waals surface area contributed by atoms with Crippen LogP contribution >= 0.6 is 11.3 Å². The molecule has 1 nitrogen and oxygen atoms in total. The second-order valence-corrected chi connectivity index (χ2v) is 3.94. The highest BCUT2D eigenvalue weighted by molar-refractivity contribution is 7.12. The normalized spacial score (nSPS) is 12.0. The third-order valence-electron chi connectivity index (χ3n) is 1.56. The van der Waals surface area contributed by atoms with Gasteiger partial charge in [-0.1, -0.05) is 0 Å². The zero-order chi connectivity index (χ0) is 9.19. The maximum atomic E-state index is 13.1. The minimum Gasteiger partial charge on any atom is -0.330 e. The van der Waals surface area contributed by atoms with Crippen LogP contribution in [-0.2, 0) is 5.92 Å². The summed E-state index contributed by atoms with van der Waals surface area (Å²) in [4.78, 5) is 1.02. The number of hydrogen-bond acceptors (Lipinski definition) is 2. The molecule has 0 saturated heterocycles. The van der Waals surface area contributed by atoms with Gasteiger partial charge in [-0.2, -0.15) is 0 Å². The molecule has 1 aromatic rings. The van der Waals surface area contributed by atoms with E-state index in [2.05, 4.69) is 0 Å². The van der Waals surface area contributed by atoms with Crippen molar-refractivity contribution < 1.29 is 8.78 Å². The number of thiophene rings is 1. The first-order chi connectivity index (χ1) is 5.56. The SMILES string of the molecule is Cc1ccc(C(F)(F)CCN)s1. The number of alkyl halides is 2. The first-order valence-electron chi connectivity index (χ1n) is 3.71. The quantitative estimate of drug-likeness (QED) is 0.780. The van der Waals surface area contributed by atoms with Crippen LogP contribution in [0.15, 0.2) is 12.1 Å². The van der Waals surface area contributed by atoms with Crippen LogP contribution in [0.2, 0.25) is 0 Å². The molecule has 0 bridgehead atoms. The fourth-order valence-corrected chi connectivity index (χ4v) is 1.81. The Balaban J connectivity index is 2.81. The standard InChI is InChI=1S/C8H11F2NS/c1-6-2-3-7(12-6)8(9,10)4-5-11/h2-3H,4-5,11H2,1H3. The summed E-state index contributed by atoms with van der Waals surface area (Å²) < 4.78 is 26.2. The van der Waals surface area contributed by atoms with E-state index < -0.39 is 5.92 Å². The molecule has 4 heteroatoms. The van der Waals surface area contributed by atoms with Crippen molar-refractivity contribution in [3.8, 4) is 0 Å². The number of rotatable bonds is 3. The van der Waals surface area contributed by atoms with Crippen LogP contribution in [0.5, 0.6) is 0 Å². The zero-order valence-electron chi connectivity index (χ0n) is 6.81. The van der Waals surface area contributed by atoms with Gasteiger partial charge < -0.3 is 5.73 Å². The van der Waals surface area contributed by atoms with E-state index in [9.17, 15) is 8.78 Å². The molecule has 0 aliphatic rings. The topological polar surface area (TPSA) is 26.0 Å². The van der Waals surface area contributed by atoms with Gasteiger partial charge in [0, 0.05) is 11.3 Å². The molecular formula is C8H11F2NS. The van der Waals surface area contributed by atoms with Crippen LogP contribution < -0.4 is 5.73 Å². The van der Waals surface area contributed by atoms with Crippen LogP contribution in [0.4, 0.5) is 8.78 Å². The molecule has 0 atom stereocenters. The van der Waals surface area contributed by atoms with Crippen molar-refractivity contribution in [2.24, 2.45) is 5.73 Å². The summed E-state index contributed by atoms with van der Waals surface area (Å²) in [6, 6.07) is 3.17. The number of aryl methyl sites for hydroxylation is 1. The van der Waals surface area contributed by atoms with Gasteiger partial charge in [-0.05, 0) is 25.6 Å². The van der Waals surface area contributed by atoms with Crippen LogP contribution in [0.1, 0.15) is 16.2 Å². The van der Waals surface area contributed by atoms with Gasteiger partial charge in [0.1, 0.15) is 0 Å². The maximum Gasteiger partial charge on any atom is 0.283 e. The first kappa shape index (κ1) is 9.61. The second-order valence-electron chi connectivity index (χ2n) is 2.65. The Morgan fingerprint density at radius 1 is 1.50 bits per heavy atom. The molecule has 12 heavy (non-hydrogen) atoms. The summed E-state index contributed by atoms with van der Waals surface area (Å²) in [5, 5.41) is 0. The Hall–Kier alpha value is -0.480. The average molecular weight is 191 g/mol. The summed E-state index contributed by atoms with van der Waals surface area (Å²) in [6.45, 7) is 1.83. The highest BCUT2D eigenvalue weighted by Gasteiger charge is 2.31. The van der Waals surface area contributed by atoms with E-state index in [1.165, 1.54) is 6.07 Å². The molecule has 0 saturated carbocycles. The molecule has 68 valence electrons. The smallest absolute Gasteiger partial charge is 0.283 e. The van der Waals surface area contributed by atoms with Gasteiger partial charge in [-0.3, -0.25) is 0 Å². The van der Waals surface area contributed by atoms with Gasteiger partial charge in [0.2, 0.25) is 0 Å². The Kier molecular flexibility index (Phi) is 2.80. The second kappa shape index (κ2) is 3.49. The maximum absolute atomic E-state index is 13.1. The zero-order valence-corrected chi connectivity index (χ0v) is 7.63. The third-order valence-corrected chi connectivity index (χ3v) is 2.67. The van der Waals surface area contributed by atoms with E-state index in [4.69, 9.17) is 5.73 Å². The lowest BCUT2D eigenvalue weighted by Crippen LogP contribution is -2.17. The summed E-state index contributed by atoms with van der Waals surface area (Å²) in [7, 11) is 0. The Labute approximate surface area is 74.2 Å². The van der Waals surface area contributed by atoms with Crippen molar-refractivity contribution in [3.63, 3.8) is 0 Å². The molecule has 0 aromatic carbocycles. The van der Waals surface area contributed by atoms with Gasteiger partial charge >= 0.3 is 0 Å². The van der Waals surface area contributed by atoms with E-state index in [0.29, 0.717) is 0 Å². The lowest BCUT2D eigenvalue weighted by Gasteiger charge is -2.12. The predicted octanol–water partition coefficient (Wildman–Crippen LogP) is 2.50. The van der Waals surface area contributed by atoms with Crippen LogP contribution in [0.3, 0.4) is 0 Å². The highest BCUT2D eigenvalue weighted by Crippen LogP contribution is 2.35. The van der Waals surface area contributed by atoms with Crippen LogP contribution in [-0.4, -0.2) is 6.54 Å². The van der Waals surface area contributed by atoms with Crippen molar-refractivity contribution in [2.75, 3.05) is 6.54 Å². The summed E-state index contributed by atoms with van der Waals surface area (Å²) >= 11 is 1.13. The van der Waals surface area contributed by atoms with E-state index in [-0.39, 0.29) is 17.8 Å². The average Bonchev–Trinajstić information content (AvgIpc) is 2.36. The van der Waals surface area contributed by atoms with Gasteiger partial charge in [-0.15, -0.1) is 11.3 Å². The molecule has 0 fully saturated rings. The number of hydrogen-bond donors (Lipinski definition) is 1. The van der Waals surface area contributed by atoms with Crippen molar-refractivity contribution in [1.29, 1.82) is 0 Å². The third kappa shape index (κ3) is 2.01. The van der Waals surface area contributed by atoms with E-state index >= 15 is 0 Å². The van der Waals surface area contributed by atoms with Crippen molar-refractivity contribution in [2.45, 2.75) is 19.3 Å². The lowest BCUT2D eigenvalue weighted by molar-refractivity contribution is -0.00682. The Bertz CT molecular complexity index is 257. The lowest BCUT2D eigenvalue weighted by atomic mass is 10.2. The van der Waals surface area contributed by atoms with Crippen LogP contribution in [0.25, 0.3) is 0 Å². The highest BCUT2D eigenvalue weighted by atomic mass is 32.1. The molecule has 2 N–H and O–H groups in total. The molecule has 0 aliphatic heterocycles. The largest absolute Gasteiger partial charge is 0.330 e. The predicted molar refractivity (Wildman–Crippen MR) is 46.6 cm³/mol. The molecular weight excluding hydrogens is 180 g/mol. The number of halogens is 2. The van der Waals surface area contributed by atoms with Crippen LogP contribution in [0, 0.1) is 6.92 Å². The fourth-order valence-electron chi connectivity index (χ4n) is 0.936. The van der Waals surface area contributed by atoms with E-state index in [1.54, 1.807) is 6.07 Å².